The topological polar surface area (TPSA) is 77.0 Å². The van der Waals surface area contributed by atoms with Gasteiger partial charge in [-0.15, -0.1) is 0 Å². The number of anilines is 1. The zero-order chi connectivity index (χ0) is 18.0. The lowest BCUT2D eigenvalue weighted by Gasteiger charge is -2.16. The van der Waals surface area contributed by atoms with Gasteiger partial charge in [-0.05, 0) is 30.3 Å². The van der Waals surface area contributed by atoms with Crippen LogP contribution in [0, 0.1) is 0 Å². The number of methoxy groups -OCH3 is 1. The lowest BCUT2D eigenvalue weighted by Crippen LogP contribution is -2.17. The van der Waals surface area contributed by atoms with Crippen molar-refractivity contribution in [3.8, 4) is 5.75 Å². The molecule has 0 radical (unpaired) electrons. The van der Waals surface area contributed by atoms with E-state index in [0.29, 0.717) is 30.4 Å². The number of nitrogens with one attached hydrogen (secondary N) is 1. The lowest BCUT2D eigenvalue weighted by molar-refractivity contribution is 0.348. The van der Waals surface area contributed by atoms with Crippen molar-refractivity contribution in [1.82, 2.24) is 0 Å². The van der Waals surface area contributed by atoms with Gasteiger partial charge in [-0.3, -0.25) is 4.72 Å². The van der Waals surface area contributed by atoms with E-state index >= 15 is 0 Å². The molecule has 2 aromatic carbocycles. The summed E-state index contributed by atoms with van der Waals surface area (Å²) >= 11 is 11.8. The maximum atomic E-state index is 12.8. The standard InChI is InChI=1S/C16H14Cl2N2O4S/c1-23-14-4-2-3-13(16-19-5-6-24-16)15(14)20-25(21,22)12-8-10(17)7-11(18)9-12/h2-4,7-9,20H,5-6H2,1H3. The highest BCUT2D eigenvalue weighted by molar-refractivity contribution is 7.92. The first kappa shape index (κ1) is 17.8. The second-order valence-corrected chi connectivity index (χ2v) is 7.68. The monoisotopic (exact) mass is 400 g/mol. The number of ether oxygens (including phenoxy) is 2. The van der Waals surface area contributed by atoms with Crippen LogP contribution < -0.4 is 9.46 Å². The molecular formula is C16H14Cl2N2O4S. The number of halogens is 2. The van der Waals surface area contributed by atoms with Crippen molar-refractivity contribution in [1.29, 1.82) is 0 Å². The van der Waals surface area contributed by atoms with Gasteiger partial charge in [0.25, 0.3) is 10.0 Å². The second-order valence-electron chi connectivity index (χ2n) is 5.13. The highest BCUT2D eigenvalue weighted by Crippen LogP contribution is 2.33. The predicted octanol–water partition coefficient (Wildman–Crippen LogP) is 3.58. The van der Waals surface area contributed by atoms with E-state index in [0.717, 1.165) is 0 Å². The minimum absolute atomic E-state index is 0.0591. The van der Waals surface area contributed by atoms with Gasteiger partial charge in [0.05, 0.1) is 24.1 Å². The quantitative estimate of drug-likeness (QED) is 0.831. The van der Waals surface area contributed by atoms with Crippen LogP contribution in [0.25, 0.3) is 0 Å². The maximum absolute atomic E-state index is 12.8. The number of sulfonamides is 1. The van der Waals surface area contributed by atoms with E-state index in [9.17, 15) is 8.42 Å². The molecule has 0 amide bonds. The Hall–Kier alpha value is -1.96. The van der Waals surface area contributed by atoms with Crippen LogP contribution in [0.5, 0.6) is 5.75 Å². The molecule has 0 unspecified atom stereocenters. The van der Waals surface area contributed by atoms with E-state index in [4.69, 9.17) is 32.7 Å². The summed E-state index contributed by atoms with van der Waals surface area (Å²) in [7, 11) is -2.50. The van der Waals surface area contributed by atoms with Crippen LogP contribution >= 0.6 is 23.2 Å². The van der Waals surface area contributed by atoms with Crippen LogP contribution in [0.3, 0.4) is 0 Å². The van der Waals surface area contributed by atoms with Crippen molar-refractivity contribution < 1.29 is 17.9 Å². The van der Waals surface area contributed by atoms with E-state index in [2.05, 4.69) is 9.71 Å². The summed E-state index contributed by atoms with van der Waals surface area (Å²) in [6.45, 7) is 0.964. The SMILES string of the molecule is COc1cccc(C2=NCCO2)c1NS(=O)(=O)c1cc(Cl)cc(Cl)c1. The molecule has 132 valence electrons. The molecule has 0 aliphatic carbocycles. The fourth-order valence-corrected chi connectivity index (χ4v) is 4.18. The molecule has 0 spiro atoms. The number of rotatable bonds is 5. The molecule has 3 rings (SSSR count). The number of para-hydroxylation sites is 1. The van der Waals surface area contributed by atoms with Crippen LogP contribution in [-0.2, 0) is 14.8 Å². The van der Waals surface area contributed by atoms with Gasteiger partial charge in [0.1, 0.15) is 18.0 Å². The van der Waals surface area contributed by atoms with Crippen molar-refractivity contribution in [3.63, 3.8) is 0 Å². The predicted molar refractivity (Wildman–Crippen MR) is 97.6 cm³/mol. The minimum Gasteiger partial charge on any atom is -0.495 e. The highest BCUT2D eigenvalue weighted by Gasteiger charge is 2.23. The van der Waals surface area contributed by atoms with Crippen molar-refractivity contribution >= 4 is 44.8 Å². The highest BCUT2D eigenvalue weighted by atomic mass is 35.5. The van der Waals surface area contributed by atoms with Crippen molar-refractivity contribution in [3.05, 3.63) is 52.0 Å². The summed E-state index contributed by atoms with van der Waals surface area (Å²) in [4.78, 5) is 4.18. The van der Waals surface area contributed by atoms with Crippen molar-refractivity contribution in [2.45, 2.75) is 4.90 Å². The Labute approximate surface area is 155 Å². The molecule has 1 heterocycles. The molecule has 9 heteroatoms. The van der Waals surface area contributed by atoms with Crippen LogP contribution in [0.2, 0.25) is 10.0 Å². The molecule has 6 nitrogen and oxygen atoms in total. The molecule has 0 aromatic heterocycles. The van der Waals surface area contributed by atoms with E-state index in [1.807, 2.05) is 0 Å². The van der Waals surface area contributed by atoms with E-state index in [1.54, 1.807) is 18.2 Å². The third-order valence-corrected chi connectivity index (χ3v) is 5.21. The van der Waals surface area contributed by atoms with Crippen LogP contribution in [0.4, 0.5) is 5.69 Å². The van der Waals surface area contributed by atoms with Crippen LogP contribution in [-0.4, -0.2) is 34.6 Å². The second kappa shape index (κ2) is 7.11. The van der Waals surface area contributed by atoms with Crippen LogP contribution in [0.15, 0.2) is 46.3 Å². The van der Waals surface area contributed by atoms with E-state index in [1.165, 1.54) is 25.3 Å². The lowest BCUT2D eigenvalue weighted by atomic mass is 10.1. The summed E-state index contributed by atoms with van der Waals surface area (Å²) in [5.41, 5.74) is 0.732. The van der Waals surface area contributed by atoms with Gasteiger partial charge in [-0.2, -0.15) is 0 Å². The summed E-state index contributed by atoms with van der Waals surface area (Å²) in [6, 6.07) is 9.16. The Balaban J connectivity index is 2.07. The average molecular weight is 401 g/mol. The first-order valence-corrected chi connectivity index (χ1v) is 9.48. The molecule has 1 N–H and O–H groups in total. The molecule has 2 aromatic rings. The molecular weight excluding hydrogens is 387 g/mol. The van der Waals surface area contributed by atoms with Crippen molar-refractivity contribution in [2.75, 3.05) is 25.0 Å². The molecule has 0 atom stereocenters. The third kappa shape index (κ3) is 3.84. The Morgan fingerprint density at radius 1 is 1.20 bits per heavy atom. The normalized spacial score (nSPS) is 14.0. The molecule has 1 aliphatic heterocycles. The van der Waals surface area contributed by atoms with Gasteiger partial charge < -0.3 is 9.47 Å². The molecule has 25 heavy (non-hydrogen) atoms. The minimum atomic E-state index is -3.95. The summed E-state index contributed by atoms with van der Waals surface area (Å²) in [5, 5.41) is 0.438. The summed E-state index contributed by atoms with van der Waals surface area (Å²) in [6.07, 6.45) is 0. The Morgan fingerprint density at radius 2 is 1.92 bits per heavy atom. The summed E-state index contributed by atoms with van der Waals surface area (Å²) in [5.74, 6) is 0.702. The van der Waals surface area contributed by atoms with Gasteiger partial charge >= 0.3 is 0 Å². The average Bonchev–Trinajstić information content (AvgIpc) is 3.08. The van der Waals surface area contributed by atoms with Gasteiger partial charge in [-0.1, -0.05) is 29.3 Å². The number of nitrogens with zero attached hydrogens (tertiary/aromatic N) is 1. The van der Waals surface area contributed by atoms with Gasteiger partial charge in [0, 0.05) is 10.0 Å². The zero-order valence-corrected chi connectivity index (χ0v) is 15.5. The number of benzene rings is 2. The van der Waals surface area contributed by atoms with E-state index < -0.39 is 10.0 Å². The fraction of sp³-hybridized carbons (Fsp3) is 0.188. The first-order chi connectivity index (χ1) is 11.9. The first-order valence-electron chi connectivity index (χ1n) is 7.24. The largest absolute Gasteiger partial charge is 0.495 e. The number of aliphatic imine (C=N–C) groups is 1. The zero-order valence-electron chi connectivity index (χ0n) is 13.1. The molecule has 0 fully saturated rings. The molecule has 0 bridgehead atoms. The van der Waals surface area contributed by atoms with Gasteiger partial charge in [0.15, 0.2) is 0 Å². The van der Waals surface area contributed by atoms with E-state index in [-0.39, 0.29) is 20.6 Å². The van der Waals surface area contributed by atoms with Crippen LogP contribution in [0.1, 0.15) is 5.56 Å². The fourth-order valence-electron chi connectivity index (χ4n) is 2.36. The Morgan fingerprint density at radius 3 is 2.52 bits per heavy atom. The molecule has 1 aliphatic rings. The van der Waals surface area contributed by atoms with Gasteiger partial charge in [-0.25, -0.2) is 13.4 Å². The maximum Gasteiger partial charge on any atom is 0.262 e. The summed E-state index contributed by atoms with van der Waals surface area (Å²) < 4.78 is 38.8. The number of hydrogen-bond donors (Lipinski definition) is 1. The third-order valence-electron chi connectivity index (χ3n) is 3.44. The smallest absolute Gasteiger partial charge is 0.262 e. The Bertz CT molecular complexity index is 925. The molecule has 0 saturated carbocycles. The number of hydrogen-bond acceptors (Lipinski definition) is 5. The van der Waals surface area contributed by atoms with Crippen molar-refractivity contribution in [2.24, 2.45) is 4.99 Å². The Kier molecular flexibility index (Phi) is 5.08. The van der Waals surface area contributed by atoms with Gasteiger partial charge in [0.2, 0.25) is 5.90 Å². The molecule has 0 saturated heterocycles.